The Morgan fingerprint density at radius 1 is 1.56 bits per heavy atom. The largest absolute Gasteiger partial charge is 0.458 e. The highest BCUT2D eigenvalue weighted by Crippen LogP contribution is 2.17. The number of nitrogens with zero attached hydrogens (tertiary/aromatic N) is 1. The van der Waals surface area contributed by atoms with Crippen molar-refractivity contribution in [1.29, 1.82) is 5.26 Å². The monoisotopic (exact) mass is 243 g/mol. The maximum atomic E-state index is 13.2. The van der Waals surface area contributed by atoms with Gasteiger partial charge in [-0.3, -0.25) is 0 Å². The summed E-state index contributed by atoms with van der Waals surface area (Å²) < 4.78 is 18.7. The lowest BCUT2D eigenvalue weighted by Crippen LogP contribution is -1.89. The van der Waals surface area contributed by atoms with Crippen LogP contribution < -0.4 is 0 Å². The third-order valence-corrected chi connectivity index (χ3v) is 2.12. The molecule has 0 unspecified atom stereocenters. The van der Waals surface area contributed by atoms with Crippen LogP contribution in [-0.4, -0.2) is 0 Å². The molecule has 18 heavy (non-hydrogen) atoms. The molecular weight excluding hydrogens is 229 g/mol. The highest BCUT2D eigenvalue weighted by atomic mass is 19.1. The van der Waals surface area contributed by atoms with Gasteiger partial charge in [-0.25, -0.2) is 4.39 Å². The summed E-state index contributed by atoms with van der Waals surface area (Å²) in [6.07, 6.45) is 11.7. The molecule has 3 heteroatoms. The molecule has 92 valence electrons. The molecular formula is C15H14FNO. The van der Waals surface area contributed by atoms with Gasteiger partial charge in [-0.05, 0) is 43.7 Å². The third kappa shape index (κ3) is 4.67. The van der Waals surface area contributed by atoms with E-state index in [2.05, 4.69) is 6.58 Å². The Hall–Kier alpha value is -2.34. The Kier molecular flexibility index (Phi) is 5.40. The average molecular weight is 243 g/mol. The first-order valence-electron chi connectivity index (χ1n) is 5.51. The number of ether oxygens (including phenoxy) is 1. The van der Waals surface area contributed by atoms with Gasteiger partial charge in [0.1, 0.15) is 17.3 Å². The fourth-order valence-corrected chi connectivity index (χ4v) is 1.22. The number of hydrogen-bond donors (Lipinski definition) is 0. The van der Waals surface area contributed by atoms with E-state index in [1.54, 1.807) is 37.3 Å². The van der Waals surface area contributed by atoms with E-state index in [-0.39, 0.29) is 5.83 Å². The number of hydrogen-bond acceptors (Lipinski definition) is 2. The van der Waals surface area contributed by atoms with Crippen LogP contribution in [0.3, 0.4) is 0 Å². The van der Waals surface area contributed by atoms with E-state index in [4.69, 9.17) is 10.00 Å². The van der Waals surface area contributed by atoms with Gasteiger partial charge in [0.15, 0.2) is 0 Å². The molecule has 0 bridgehead atoms. The Balaban J connectivity index is 2.74. The van der Waals surface area contributed by atoms with Crippen LogP contribution in [0.5, 0.6) is 0 Å². The van der Waals surface area contributed by atoms with E-state index in [1.807, 2.05) is 6.07 Å². The minimum Gasteiger partial charge on any atom is -0.458 e. The Labute approximate surface area is 106 Å². The van der Waals surface area contributed by atoms with Crippen molar-refractivity contribution in [3.63, 3.8) is 0 Å². The first kappa shape index (κ1) is 13.7. The molecule has 0 aromatic rings. The molecule has 0 aliphatic heterocycles. The smallest absolute Gasteiger partial charge is 0.126 e. The van der Waals surface area contributed by atoms with Gasteiger partial charge in [0.2, 0.25) is 0 Å². The van der Waals surface area contributed by atoms with E-state index in [9.17, 15) is 4.39 Å². The number of allylic oxidation sites excluding steroid dienone is 9. The Morgan fingerprint density at radius 3 is 3.00 bits per heavy atom. The molecule has 0 aromatic heterocycles. The second-order valence-electron chi connectivity index (χ2n) is 3.54. The molecule has 0 heterocycles. The van der Waals surface area contributed by atoms with Gasteiger partial charge >= 0.3 is 0 Å². The molecule has 0 N–H and O–H groups in total. The summed E-state index contributed by atoms with van der Waals surface area (Å²) in [4.78, 5) is 0. The van der Waals surface area contributed by atoms with E-state index >= 15 is 0 Å². The summed E-state index contributed by atoms with van der Waals surface area (Å²) in [7, 11) is 0. The summed E-state index contributed by atoms with van der Waals surface area (Å²) in [5.41, 5.74) is 0.330. The van der Waals surface area contributed by atoms with Crippen LogP contribution in [0.1, 0.15) is 13.3 Å². The quantitative estimate of drug-likeness (QED) is 0.420. The van der Waals surface area contributed by atoms with Crippen molar-refractivity contribution in [2.75, 3.05) is 0 Å². The maximum Gasteiger partial charge on any atom is 0.126 e. The summed E-state index contributed by atoms with van der Waals surface area (Å²) in [5, 5.41) is 8.57. The normalized spacial score (nSPS) is 15.7. The molecule has 0 fully saturated rings. The molecule has 0 radical (unpaired) electrons. The molecule has 1 rings (SSSR count). The van der Waals surface area contributed by atoms with E-state index in [0.717, 1.165) is 0 Å². The zero-order valence-electron chi connectivity index (χ0n) is 10.2. The molecule has 0 amide bonds. The molecule has 0 saturated heterocycles. The fourth-order valence-electron chi connectivity index (χ4n) is 1.22. The van der Waals surface area contributed by atoms with Crippen molar-refractivity contribution >= 4 is 0 Å². The summed E-state index contributed by atoms with van der Waals surface area (Å²) in [6, 6.07) is 1.90. The van der Waals surface area contributed by atoms with Crippen molar-refractivity contribution in [2.24, 2.45) is 0 Å². The van der Waals surface area contributed by atoms with Gasteiger partial charge in [-0.15, -0.1) is 0 Å². The van der Waals surface area contributed by atoms with Crippen molar-refractivity contribution < 1.29 is 9.13 Å². The standard InChI is InChI=1S/C15H14FNO/c1-3-14(9-8-12(2)11-17)18-15-7-5-4-6-13(16)10-15/h3-4,6-10H,2,5H2,1H3/b9-8-,14-3+. The predicted octanol–water partition coefficient (Wildman–Crippen LogP) is 4.24. The summed E-state index contributed by atoms with van der Waals surface area (Å²) in [5.74, 6) is 0.626. The van der Waals surface area contributed by atoms with Gasteiger partial charge in [0, 0.05) is 11.6 Å². The van der Waals surface area contributed by atoms with Crippen molar-refractivity contribution in [1.82, 2.24) is 0 Å². The Bertz CT molecular complexity index is 513. The molecule has 0 aromatic carbocycles. The molecule has 0 atom stereocenters. The lowest BCUT2D eigenvalue weighted by molar-refractivity contribution is 0.332. The SMILES string of the molecule is C=C(C#N)/C=C\C(=C/C)OC1=CCC=CC(F)=C1. The van der Waals surface area contributed by atoms with Crippen LogP contribution in [0.4, 0.5) is 4.39 Å². The van der Waals surface area contributed by atoms with E-state index < -0.39 is 0 Å². The molecule has 1 aliphatic rings. The second kappa shape index (κ2) is 7.08. The van der Waals surface area contributed by atoms with Crippen LogP contribution in [-0.2, 0) is 4.74 Å². The predicted molar refractivity (Wildman–Crippen MR) is 69.8 cm³/mol. The average Bonchev–Trinajstić information content (AvgIpc) is 2.58. The second-order valence-corrected chi connectivity index (χ2v) is 3.54. The first-order chi connectivity index (χ1) is 8.65. The highest BCUT2D eigenvalue weighted by Gasteiger charge is 2.02. The molecule has 0 spiro atoms. The van der Waals surface area contributed by atoms with Gasteiger partial charge in [-0.1, -0.05) is 12.7 Å². The minimum absolute atomic E-state index is 0.330. The zero-order valence-corrected chi connectivity index (χ0v) is 10.2. The molecule has 1 aliphatic carbocycles. The first-order valence-corrected chi connectivity index (χ1v) is 5.51. The number of nitriles is 1. The van der Waals surface area contributed by atoms with Gasteiger partial charge < -0.3 is 4.74 Å². The number of halogens is 1. The van der Waals surface area contributed by atoms with Crippen LogP contribution in [0.15, 0.2) is 72.0 Å². The third-order valence-electron chi connectivity index (χ3n) is 2.12. The van der Waals surface area contributed by atoms with Crippen LogP contribution in [0.25, 0.3) is 0 Å². The van der Waals surface area contributed by atoms with Crippen LogP contribution >= 0.6 is 0 Å². The van der Waals surface area contributed by atoms with Crippen LogP contribution in [0, 0.1) is 11.3 Å². The Morgan fingerprint density at radius 2 is 2.33 bits per heavy atom. The number of rotatable bonds is 4. The van der Waals surface area contributed by atoms with Crippen molar-refractivity contribution in [3.8, 4) is 6.07 Å². The topological polar surface area (TPSA) is 33.0 Å². The lowest BCUT2D eigenvalue weighted by Gasteiger charge is -2.06. The van der Waals surface area contributed by atoms with Crippen molar-refractivity contribution in [3.05, 3.63) is 72.0 Å². The van der Waals surface area contributed by atoms with E-state index in [0.29, 0.717) is 23.5 Å². The zero-order chi connectivity index (χ0) is 13.4. The maximum absolute atomic E-state index is 13.2. The summed E-state index contributed by atoms with van der Waals surface area (Å²) in [6.45, 7) is 5.32. The highest BCUT2D eigenvalue weighted by molar-refractivity contribution is 5.34. The molecule has 0 saturated carbocycles. The van der Waals surface area contributed by atoms with Crippen molar-refractivity contribution in [2.45, 2.75) is 13.3 Å². The summed E-state index contributed by atoms with van der Waals surface area (Å²) >= 11 is 0. The lowest BCUT2D eigenvalue weighted by atomic mass is 10.3. The van der Waals surface area contributed by atoms with Gasteiger partial charge in [-0.2, -0.15) is 5.26 Å². The fraction of sp³-hybridized carbons (Fsp3) is 0.133. The van der Waals surface area contributed by atoms with E-state index in [1.165, 1.54) is 12.2 Å². The van der Waals surface area contributed by atoms with Gasteiger partial charge in [0.25, 0.3) is 0 Å². The van der Waals surface area contributed by atoms with Crippen LogP contribution in [0.2, 0.25) is 0 Å². The van der Waals surface area contributed by atoms with Gasteiger partial charge in [0.05, 0.1) is 6.07 Å². The minimum atomic E-state index is -0.348. The molecule has 2 nitrogen and oxygen atoms in total.